The number of aryl methyl sites for hydroxylation is 1. The number of rotatable bonds is 7. The third-order valence-corrected chi connectivity index (χ3v) is 7.42. The molecule has 1 aliphatic carbocycles. The molecule has 1 fully saturated rings. The van der Waals surface area contributed by atoms with E-state index in [-0.39, 0.29) is 16.6 Å². The molecule has 2 amide bonds. The molecule has 3 aromatic heterocycles. The van der Waals surface area contributed by atoms with E-state index in [9.17, 15) is 9.59 Å². The minimum absolute atomic E-state index is 0.0979. The van der Waals surface area contributed by atoms with Crippen molar-refractivity contribution in [3.05, 3.63) is 94.1 Å². The Labute approximate surface area is 233 Å². The van der Waals surface area contributed by atoms with Crippen LogP contribution in [-0.4, -0.2) is 37.0 Å². The lowest BCUT2D eigenvalue weighted by Gasteiger charge is -2.18. The number of hydrogen-bond acceptors (Lipinski definition) is 6. The van der Waals surface area contributed by atoms with Gasteiger partial charge in [0.05, 0.1) is 16.1 Å². The number of nitrogens with zero attached hydrogens (tertiary/aromatic N) is 4. The van der Waals surface area contributed by atoms with Gasteiger partial charge in [-0.15, -0.1) is 0 Å². The lowest BCUT2D eigenvalue weighted by molar-refractivity contribution is -0.124. The second kappa shape index (κ2) is 9.83. The van der Waals surface area contributed by atoms with Crippen LogP contribution in [0.3, 0.4) is 0 Å². The van der Waals surface area contributed by atoms with E-state index in [0.29, 0.717) is 41.8 Å². The molecule has 196 valence electrons. The van der Waals surface area contributed by atoms with Crippen LogP contribution in [0.2, 0.25) is 10.2 Å². The van der Waals surface area contributed by atoms with Gasteiger partial charge in [0.2, 0.25) is 17.6 Å². The minimum atomic E-state index is -0.936. The molecule has 0 spiro atoms. The van der Waals surface area contributed by atoms with Crippen molar-refractivity contribution in [3.63, 3.8) is 0 Å². The number of pyridine rings is 1. The average Bonchev–Trinajstić information content (AvgIpc) is 3.51. The van der Waals surface area contributed by atoms with E-state index in [2.05, 4.69) is 25.8 Å². The molecule has 6 rings (SSSR count). The van der Waals surface area contributed by atoms with Crippen molar-refractivity contribution in [2.75, 3.05) is 0 Å². The molecule has 9 nitrogen and oxygen atoms in total. The van der Waals surface area contributed by atoms with Crippen molar-refractivity contribution in [1.29, 1.82) is 0 Å². The van der Waals surface area contributed by atoms with E-state index in [1.165, 1.54) is 6.20 Å². The van der Waals surface area contributed by atoms with E-state index in [1.807, 2.05) is 53.1 Å². The maximum absolute atomic E-state index is 13.0. The van der Waals surface area contributed by atoms with E-state index < -0.39 is 11.4 Å². The number of halogens is 2. The highest BCUT2D eigenvalue weighted by Gasteiger charge is 2.51. The number of fused-ring (bicyclic) bond motifs is 1. The van der Waals surface area contributed by atoms with Gasteiger partial charge in [0, 0.05) is 30.7 Å². The van der Waals surface area contributed by atoms with Crippen molar-refractivity contribution in [3.8, 4) is 17.2 Å². The Balaban J connectivity index is 1.20. The average molecular weight is 561 g/mol. The molecule has 0 saturated heterocycles. The quantitative estimate of drug-likeness (QED) is 0.262. The summed E-state index contributed by atoms with van der Waals surface area (Å²) in [4.78, 5) is 34.0. The van der Waals surface area contributed by atoms with Gasteiger partial charge in [-0.05, 0) is 48.7 Å². The first-order valence-electron chi connectivity index (χ1n) is 12.3. The van der Waals surface area contributed by atoms with Crippen molar-refractivity contribution in [2.45, 2.75) is 31.8 Å². The van der Waals surface area contributed by atoms with Gasteiger partial charge in [-0.3, -0.25) is 9.59 Å². The Morgan fingerprint density at radius 1 is 1.05 bits per heavy atom. The largest absolute Gasteiger partial charge is 0.350 e. The number of hydrogen-bond donors (Lipinski definition) is 2. The van der Waals surface area contributed by atoms with E-state index in [4.69, 9.17) is 27.7 Å². The van der Waals surface area contributed by atoms with Crippen molar-refractivity contribution >= 4 is 45.9 Å². The third kappa shape index (κ3) is 4.64. The summed E-state index contributed by atoms with van der Waals surface area (Å²) in [7, 11) is 0. The van der Waals surface area contributed by atoms with Crippen LogP contribution in [0.15, 0.2) is 71.4 Å². The van der Waals surface area contributed by atoms with Crippen LogP contribution in [0.1, 0.15) is 34.7 Å². The van der Waals surface area contributed by atoms with Gasteiger partial charge in [0.1, 0.15) is 16.4 Å². The highest BCUT2D eigenvalue weighted by atomic mass is 35.5. The van der Waals surface area contributed by atoms with Crippen molar-refractivity contribution in [1.82, 2.24) is 30.3 Å². The van der Waals surface area contributed by atoms with Crippen LogP contribution >= 0.6 is 23.2 Å². The first kappa shape index (κ1) is 25.1. The summed E-state index contributed by atoms with van der Waals surface area (Å²) in [5, 5.41) is 11.4. The fourth-order valence-corrected chi connectivity index (χ4v) is 5.08. The number of carbonyl (C=O) groups is 2. The molecule has 2 aromatic carbocycles. The number of carbonyl (C=O) groups excluding carboxylic acids is 2. The van der Waals surface area contributed by atoms with E-state index in [0.717, 1.165) is 22.2 Å². The highest BCUT2D eigenvalue weighted by molar-refractivity contribution is 6.38. The van der Waals surface area contributed by atoms with Crippen LogP contribution in [0.25, 0.3) is 28.1 Å². The summed E-state index contributed by atoms with van der Waals surface area (Å²) in [6, 6.07) is 18.7. The van der Waals surface area contributed by atoms with Crippen LogP contribution < -0.4 is 10.6 Å². The first-order valence-corrected chi connectivity index (χ1v) is 13.0. The summed E-state index contributed by atoms with van der Waals surface area (Å²) in [5.74, 6) is 0.180. The summed E-state index contributed by atoms with van der Waals surface area (Å²) < 4.78 is 7.20. The Bertz CT molecular complexity index is 1720. The molecule has 0 unspecified atom stereocenters. The molecule has 2 N–H and O–H groups in total. The summed E-state index contributed by atoms with van der Waals surface area (Å²) in [5.41, 5.74) is 2.59. The predicted molar refractivity (Wildman–Crippen MR) is 147 cm³/mol. The van der Waals surface area contributed by atoms with E-state index >= 15 is 0 Å². The highest BCUT2D eigenvalue weighted by Crippen LogP contribution is 2.39. The molecule has 0 atom stereocenters. The Kier molecular flexibility index (Phi) is 6.32. The molecule has 3 heterocycles. The maximum Gasteiger partial charge on any atom is 0.255 e. The normalized spacial score (nSPS) is 13.8. The number of nitrogens with one attached hydrogen (secondary N) is 2. The van der Waals surface area contributed by atoms with Crippen LogP contribution in [0, 0.1) is 6.92 Å². The van der Waals surface area contributed by atoms with Crippen LogP contribution in [-0.2, 0) is 11.3 Å². The lowest BCUT2D eigenvalue weighted by atomic mass is 10.1. The van der Waals surface area contributed by atoms with Gasteiger partial charge < -0.3 is 19.7 Å². The summed E-state index contributed by atoms with van der Waals surface area (Å²) in [6.45, 7) is 2.03. The predicted octanol–water partition coefficient (Wildman–Crippen LogP) is 5.27. The Morgan fingerprint density at radius 3 is 2.51 bits per heavy atom. The van der Waals surface area contributed by atoms with Gasteiger partial charge in [0.25, 0.3) is 5.91 Å². The van der Waals surface area contributed by atoms with Gasteiger partial charge in [0.15, 0.2) is 0 Å². The molecular formula is C28H22Cl2N6O3. The molecule has 39 heavy (non-hydrogen) atoms. The van der Waals surface area contributed by atoms with E-state index in [1.54, 1.807) is 19.1 Å². The molecule has 1 saturated carbocycles. The summed E-state index contributed by atoms with van der Waals surface area (Å²) >= 11 is 12.8. The van der Waals surface area contributed by atoms with Gasteiger partial charge >= 0.3 is 0 Å². The SMILES string of the molecule is Cc1nc(-c2c(Cl)c3ccccc3n2-c2ccc(CNC(=O)C3(NC(=O)c4cccnc4Cl)CC3)cc2)no1. The van der Waals surface area contributed by atoms with Crippen molar-refractivity contribution in [2.24, 2.45) is 0 Å². The number of benzene rings is 2. The topological polar surface area (TPSA) is 115 Å². The van der Waals surface area contributed by atoms with Gasteiger partial charge in [-0.2, -0.15) is 4.98 Å². The fraction of sp³-hybridized carbons (Fsp3) is 0.179. The molecule has 5 aromatic rings. The standard InChI is InChI=1S/C28H22Cl2N6O3/c1-16-33-25(35-39-16)23-22(29)19-5-2-3-7-21(19)36(23)18-10-8-17(9-11-18)15-32-27(38)28(12-13-28)34-26(37)20-6-4-14-31-24(20)30/h2-11,14H,12-13,15H2,1H3,(H,32,38)(H,34,37). The molecule has 1 aliphatic rings. The lowest BCUT2D eigenvalue weighted by Crippen LogP contribution is -2.48. The second-order valence-electron chi connectivity index (χ2n) is 9.38. The number of aromatic nitrogens is 4. The Hall–Kier alpha value is -4.21. The maximum atomic E-state index is 13.0. The molecule has 0 aliphatic heterocycles. The molecular weight excluding hydrogens is 539 g/mol. The van der Waals surface area contributed by atoms with Crippen LogP contribution in [0.4, 0.5) is 0 Å². The second-order valence-corrected chi connectivity index (χ2v) is 10.1. The third-order valence-electron chi connectivity index (χ3n) is 6.74. The number of para-hydroxylation sites is 1. The smallest absolute Gasteiger partial charge is 0.255 e. The first-order chi connectivity index (χ1) is 18.9. The zero-order valence-electron chi connectivity index (χ0n) is 20.7. The monoisotopic (exact) mass is 560 g/mol. The summed E-state index contributed by atoms with van der Waals surface area (Å²) in [6.07, 6.45) is 2.62. The fourth-order valence-electron chi connectivity index (χ4n) is 4.55. The molecule has 0 radical (unpaired) electrons. The van der Waals surface area contributed by atoms with Crippen LogP contribution in [0.5, 0.6) is 0 Å². The molecule has 11 heteroatoms. The number of amides is 2. The molecule has 0 bridgehead atoms. The zero-order valence-corrected chi connectivity index (χ0v) is 22.3. The van der Waals surface area contributed by atoms with Gasteiger partial charge in [-0.25, -0.2) is 4.98 Å². The zero-order chi connectivity index (χ0) is 27.1. The Morgan fingerprint density at radius 2 is 1.82 bits per heavy atom. The van der Waals surface area contributed by atoms with Gasteiger partial charge in [-0.1, -0.05) is 58.7 Å². The van der Waals surface area contributed by atoms with Crippen molar-refractivity contribution < 1.29 is 14.1 Å². The minimum Gasteiger partial charge on any atom is -0.350 e.